The number of carbonyl (C=O) groups is 1. The van der Waals surface area contributed by atoms with Crippen molar-refractivity contribution in [2.75, 3.05) is 18.0 Å². The van der Waals surface area contributed by atoms with Crippen molar-refractivity contribution in [3.05, 3.63) is 98.5 Å². The molecule has 45 heavy (non-hydrogen) atoms. The molecule has 0 spiro atoms. The average molecular weight is 631 g/mol. The van der Waals surface area contributed by atoms with Crippen LogP contribution in [0.3, 0.4) is 0 Å². The third-order valence-corrected chi connectivity index (χ3v) is 9.82. The molecule has 9 heteroatoms. The molecule has 2 saturated heterocycles. The van der Waals surface area contributed by atoms with Crippen LogP contribution in [0.1, 0.15) is 68.7 Å². The van der Waals surface area contributed by atoms with Crippen molar-refractivity contribution in [3.63, 3.8) is 0 Å². The van der Waals surface area contributed by atoms with Gasteiger partial charge in [0.1, 0.15) is 5.01 Å². The van der Waals surface area contributed by atoms with Crippen LogP contribution in [0.2, 0.25) is 0 Å². The highest BCUT2D eigenvalue weighted by atomic mass is 32.1. The number of nitrogens with zero attached hydrogens (tertiary/aromatic N) is 3. The summed E-state index contributed by atoms with van der Waals surface area (Å²) in [6, 6.07) is 12.9. The zero-order valence-electron chi connectivity index (χ0n) is 26.2. The Labute approximate surface area is 267 Å². The number of nitrogens with one attached hydrogen (secondary N) is 1. The van der Waals surface area contributed by atoms with Gasteiger partial charge in [0, 0.05) is 47.3 Å². The van der Waals surface area contributed by atoms with E-state index in [0.717, 1.165) is 48.1 Å². The predicted octanol–water partition coefficient (Wildman–Crippen LogP) is 7.28. The number of hydrogen-bond acceptors (Lipinski definition) is 6. The molecule has 6 nitrogen and oxygen atoms in total. The van der Waals surface area contributed by atoms with Crippen molar-refractivity contribution in [1.29, 1.82) is 0 Å². The van der Waals surface area contributed by atoms with Crippen molar-refractivity contribution in [2.24, 2.45) is 0 Å². The van der Waals surface area contributed by atoms with Gasteiger partial charge in [-0.15, -0.1) is 11.3 Å². The van der Waals surface area contributed by atoms with E-state index in [1.807, 2.05) is 47.2 Å². The number of rotatable bonds is 8. The van der Waals surface area contributed by atoms with E-state index in [0.29, 0.717) is 58.3 Å². The Morgan fingerprint density at radius 2 is 1.71 bits per heavy atom. The molecule has 3 aromatic rings. The van der Waals surface area contributed by atoms with Crippen molar-refractivity contribution >= 4 is 28.5 Å². The topological polar surface area (TPSA) is 68.7 Å². The van der Waals surface area contributed by atoms with Gasteiger partial charge in [-0.25, -0.2) is 13.8 Å². The molecule has 6 rings (SSSR count). The van der Waals surface area contributed by atoms with Gasteiger partial charge in [0.05, 0.1) is 22.7 Å². The second kappa shape index (κ2) is 13.0. The smallest absolute Gasteiger partial charge is 0.263 e. The van der Waals surface area contributed by atoms with Crippen molar-refractivity contribution in [2.45, 2.75) is 78.1 Å². The third kappa shape index (κ3) is 6.13. The monoisotopic (exact) mass is 630 g/mol. The van der Waals surface area contributed by atoms with Crippen molar-refractivity contribution in [3.8, 4) is 11.3 Å². The van der Waals surface area contributed by atoms with Crippen LogP contribution in [0, 0.1) is 0 Å². The zero-order chi connectivity index (χ0) is 31.8. The maximum absolute atomic E-state index is 14.5. The third-order valence-electron chi connectivity index (χ3n) is 8.93. The largest absolute Gasteiger partial charge is 0.369 e. The molecule has 236 valence electrons. The molecule has 2 aromatic carbocycles. The SMILES string of the molecule is CCc1cccc(CC)c1N1C(C=C(C)C)=C(C(=O)N2CC3CCC(C2)N3)C=C(c2nc(-c3ccc(C(F)F)cc3)cs2)C1O. The number of likely N-dealkylation sites (tertiary alicyclic amines) is 1. The van der Waals surface area contributed by atoms with Gasteiger partial charge in [-0.2, -0.15) is 0 Å². The highest BCUT2D eigenvalue weighted by Gasteiger charge is 2.39. The van der Waals surface area contributed by atoms with E-state index < -0.39 is 12.7 Å². The first-order chi connectivity index (χ1) is 21.7. The Kier molecular flexibility index (Phi) is 9.04. The van der Waals surface area contributed by atoms with Gasteiger partial charge in [-0.1, -0.05) is 61.9 Å². The standard InChI is InChI=1S/C36H40F2N4O2S/c1-5-22-8-7-9-23(6-2)32(22)42-31(16-21(3)4)28(35(43)41-18-26-14-15-27(19-41)39-26)17-29(36(42)44)34-40-30(20-45-34)24-10-12-25(13-11-24)33(37)38/h7-13,16-17,20,26-27,33,36,39,44H,5-6,14-15,18-19H2,1-4H3. The lowest BCUT2D eigenvalue weighted by Gasteiger charge is -2.40. The van der Waals surface area contributed by atoms with Crippen LogP contribution >= 0.6 is 11.3 Å². The average Bonchev–Trinajstić information content (AvgIpc) is 3.66. The van der Waals surface area contributed by atoms with E-state index in [1.54, 1.807) is 12.1 Å². The number of anilines is 1. The van der Waals surface area contributed by atoms with Gasteiger partial charge in [0.2, 0.25) is 0 Å². The molecule has 1 amide bonds. The summed E-state index contributed by atoms with van der Waals surface area (Å²) in [7, 11) is 0. The van der Waals surface area contributed by atoms with Gasteiger partial charge in [-0.3, -0.25) is 4.79 Å². The maximum atomic E-state index is 14.5. The molecule has 2 bridgehead atoms. The minimum absolute atomic E-state index is 0.0435. The summed E-state index contributed by atoms with van der Waals surface area (Å²) in [6.07, 6.45) is 3.82. The number of para-hydroxylation sites is 1. The van der Waals surface area contributed by atoms with Crippen LogP contribution in [0.25, 0.3) is 16.8 Å². The quantitative estimate of drug-likeness (QED) is 0.274. The molecule has 2 fully saturated rings. The van der Waals surface area contributed by atoms with Crippen LogP contribution in [0.4, 0.5) is 14.5 Å². The number of aromatic nitrogens is 1. The Morgan fingerprint density at radius 3 is 2.29 bits per heavy atom. The van der Waals surface area contributed by atoms with E-state index in [9.17, 15) is 18.7 Å². The van der Waals surface area contributed by atoms with Crippen LogP contribution in [0.15, 0.2) is 76.8 Å². The lowest BCUT2D eigenvalue weighted by atomic mass is 9.94. The number of allylic oxidation sites excluding steroid dienone is 2. The van der Waals surface area contributed by atoms with Gasteiger partial charge in [-0.05, 0) is 62.8 Å². The molecule has 0 saturated carbocycles. The fourth-order valence-electron chi connectivity index (χ4n) is 6.71. The number of aliphatic hydroxyl groups excluding tert-OH is 1. The van der Waals surface area contributed by atoms with Gasteiger partial charge < -0.3 is 20.2 Å². The number of benzene rings is 2. The summed E-state index contributed by atoms with van der Waals surface area (Å²) in [5, 5.41) is 18.3. The Morgan fingerprint density at radius 1 is 1.07 bits per heavy atom. The number of thiazole rings is 1. The second-order valence-electron chi connectivity index (χ2n) is 12.3. The van der Waals surface area contributed by atoms with E-state index >= 15 is 0 Å². The fraction of sp³-hybridized carbons (Fsp3) is 0.389. The van der Waals surface area contributed by atoms with Gasteiger partial charge in [0.25, 0.3) is 12.3 Å². The number of carbonyl (C=O) groups excluding carboxylic acids is 1. The number of fused-ring (bicyclic) bond motifs is 2. The fourth-order valence-corrected chi connectivity index (χ4v) is 7.57. The number of piperazine rings is 1. The summed E-state index contributed by atoms with van der Waals surface area (Å²) < 4.78 is 26.3. The van der Waals surface area contributed by atoms with E-state index in [4.69, 9.17) is 4.98 Å². The highest BCUT2D eigenvalue weighted by molar-refractivity contribution is 7.11. The lowest BCUT2D eigenvalue weighted by Crippen LogP contribution is -2.54. The highest BCUT2D eigenvalue weighted by Crippen LogP contribution is 2.42. The van der Waals surface area contributed by atoms with Crippen molar-refractivity contribution < 1.29 is 18.7 Å². The minimum Gasteiger partial charge on any atom is -0.369 e. The first kappa shape index (κ1) is 31.3. The number of amides is 1. The molecule has 4 heterocycles. The van der Waals surface area contributed by atoms with Crippen LogP contribution in [0.5, 0.6) is 0 Å². The number of halogens is 2. The van der Waals surface area contributed by atoms with Gasteiger partial charge in [0.15, 0.2) is 6.23 Å². The molecule has 1 aromatic heterocycles. The molecule has 3 aliphatic rings. The Hall–Kier alpha value is -3.66. The number of aryl methyl sites for hydroxylation is 2. The Balaban J connectivity index is 1.51. The minimum atomic E-state index is -2.54. The summed E-state index contributed by atoms with van der Waals surface area (Å²) in [5.41, 5.74) is 7.14. The van der Waals surface area contributed by atoms with Crippen molar-refractivity contribution in [1.82, 2.24) is 15.2 Å². The summed E-state index contributed by atoms with van der Waals surface area (Å²) in [6.45, 7) is 9.50. The molecule has 0 aliphatic carbocycles. The first-order valence-electron chi connectivity index (χ1n) is 15.8. The van der Waals surface area contributed by atoms with Crippen LogP contribution in [-0.4, -0.2) is 52.3 Å². The predicted molar refractivity (Wildman–Crippen MR) is 177 cm³/mol. The molecule has 3 unspecified atom stereocenters. The Bertz CT molecular complexity index is 1640. The molecular formula is C36H40F2N4O2S. The second-order valence-corrected chi connectivity index (χ2v) is 13.2. The zero-order valence-corrected chi connectivity index (χ0v) is 27.0. The van der Waals surface area contributed by atoms with E-state index in [1.165, 1.54) is 23.5 Å². The lowest BCUT2D eigenvalue weighted by molar-refractivity contribution is -0.128. The molecule has 0 radical (unpaired) electrons. The maximum Gasteiger partial charge on any atom is 0.263 e. The van der Waals surface area contributed by atoms with Crippen LogP contribution < -0.4 is 10.2 Å². The molecular weight excluding hydrogens is 590 g/mol. The first-order valence-corrected chi connectivity index (χ1v) is 16.6. The molecule has 3 atom stereocenters. The molecule has 3 aliphatic heterocycles. The van der Waals surface area contributed by atoms with E-state index in [2.05, 4.69) is 31.3 Å². The van der Waals surface area contributed by atoms with Gasteiger partial charge >= 0.3 is 0 Å². The normalized spacial score (nSPS) is 21.4. The summed E-state index contributed by atoms with van der Waals surface area (Å²) in [5.74, 6) is -0.0540. The number of aliphatic hydroxyl groups is 1. The van der Waals surface area contributed by atoms with Crippen LogP contribution in [-0.2, 0) is 17.6 Å². The molecule has 2 N–H and O–H groups in total. The number of hydrogen-bond donors (Lipinski definition) is 2. The summed E-state index contributed by atoms with van der Waals surface area (Å²) >= 11 is 1.37. The van der Waals surface area contributed by atoms with E-state index in [-0.39, 0.29) is 11.5 Å². The number of alkyl halides is 2. The summed E-state index contributed by atoms with van der Waals surface area (Å²) in [4.78, 5) is 23.3.